The van der Waals surface area contributed by atoms with Gasteiger partial charge in [0.05, 0.1) is 52.2 Å². The third-order valence-electron chi connectivity index (χ3n) is 3.88. The first-order valence-corrected chi connectivity index (χ1v) is 7.28. The smallest absolute Gasteiger partial charge is 0.205 e. The van der Waals surface area contributed by atoms with Gasteiger partial charge in [0.25, 0.3) is 0 Å². The van der Waals surface area contributed by atoms with Gasteiger partial charge < -0.3 is 24.5 Å². The van der Waals surface area contributed by atoms with Crippen LogP contribution in [-0.4, -0.2) is 64.0 Å². The molecule has 0 aromatic carbocycles. The van der Waals surface area contributed by atoms with Crippen molar-refractivity contribution in [3.05, 3.63) is 11.8 Å². The van der Waals surface area contributed by atoms with Gasteiger partial charge in [0, 0.05) is 0 Å². The molecule has 4 N–H and O–H groups in total. The molecule has 2 aromatic heterocycles. The van der Waals surface area contributed by atoms with Crippen LogP contribution >= 0.6 is 0 Å². The number of aromatic amines is 1. The van der Waals surface area contributed by atoms with Gasteiger partial charge in [-0.2, -0.15) is 4.98 Å². The van der Waals surface area contributed by atoms with Crippen LogP contribution in [0.5, 0.6) is 0 Å². The van der Waals surface area contributed by atoms with E-state index in [0.29, 0.717) is 17.7 Å². The maximum atomic E-state index is 9.57. The van der Waals surface area contributed by atoms with Crippen molar-refractivity contribution < 1.29 is 10.0 Å². The molecule has 0 unspecified atom stereocenters. The first-order valence-electron chi connectivity index (χ1n) is 7.28. The number of hydrogen-bond donors (Lipinski definition) is 4. The summed E-state index contributed by atoms with van der Waals surface area (Å²) in [5, 5.41) is 17.5. The maximum absolute atomic E-state index is 9.57. The Balaban J connectivity index is 1.98. The third kappa shape index (κ3) is 2.77. The number of hydrogen-bond acceptors (Lipinski definition) is 5. The van der Waals surface area contributed by atoms with Crippen LogP contribution < -0.4 is 15.3 Å². The number of aliphatic hydroxyl groups excluding tert-OH is 1. The quantitative estimate of drug-likeness (QED) is 0.523. The van der Waals surface area contributed by atoms with Gasteiger partial charge in [-0.05, 0) is 6.92 Å². The second-order valence-corrected chi connectivity index (χ2v) is 5.80. The molecule has 0 radical (unpaired) electrons. The SMILES string of the molecule is C[C@@H](O)Cn1cnc(=N)c2[nH]c(N3CC[NH+](C)CC3)nc21. The van der Waals surface area contributed by atoms with Gasteiger partial charge in [-0.15, -0.1) is 0 Å². The molecule has 3 rings (SSSR count). The number of likely N-dealkylation sites (N-methyl/N-ethyl adjacent to an activating group) is 1. The van der Waals surface area contributed by atoms with Crippen molar-refractivity contribution in [3.8, 4) is 0 Å². The summed E-state index contributed by atoms with van der Waals surface area (Å²) < 4.78 is 1.79. The molecule has 21 heavy (non-hydrogen) atoms. The Morgan fingerprint density at radius 3 is 2.86 bits per heavy atom. The number of nitrogens with one attached hydrogen (secondary N) is 3. The number of imidazole rings is 1. The van der Waals surface area contributed by atoms with Gasteiger partial charge in [0.1, 0.15) is 5.52 Å². The lowest BCUT2D eigenvalue weighted by atomic mass is 10.3. The van der Waals surface area contributed by atoms with Crippen molar-refractivity contribution in [2.75, 3.05) is 38.1 Å². The first kappa shape index (κ1) is 14.0. The Morgan fingerprint density at radius 2 is 2.19 bits per heavy atom. The van der Waals surface area contributed by atoms with E-state index >= 15 is 0 Å². The fourth-order valence-corrected chi connectivity index (χ4v) is 2.64. The minimum atomic E-state index is -0.482. The highest BCUT2D eigenvalue weighted by molar-refractivity contribution is 5.72. The molecule has 1 atom stereocenters. The van der Waals surface area contributed by atoms with Crippen LogP contribution in [0.2, 0.25) is 0 Å². The highest BCUT2D eigenvalue weighted by Gasteiger charge is 2.20. The molecule has 0 saturated carbocycles. The number of aromatic nitrogens is 4. The number of quaternary nitrogens is 1. The lowest BCUT2D eigenvalue weighted by Gasteiger charge is -2.29. The summed E-state index contributed by atoms with van der Waals surface area (Å²) >= 11 is 0. The number of fused-ring (bicyclic) bond motifs is 1. The van der Waals surface area contributed by atoms with Crippen LogP contribution in [0.15, 0.2) is 6.33 Å². The molecule has 1 aliphatic heterocycles. The Hall–Kier alpha value is -1.93. The van der Waals surface area contributed by atoms with E-state index in [2.05, 4.69) is 26.9 Å². The molecule has 8 heteroatoms. The molecule has 0 spiro atoms. The Kier molecular flexibility index (Phi) is 3.64. The highest BCUT2D eigenvalue weighted by atomic mass is 16.3. The molecule has 0 amide bonds. The summed E-state index contributed by atoms with van der Waals surface area (Å²) in [5.74, 6) is 0.790. The van der Waals surface area contributed by atoms with Crippen molar-refractivity contribution in [2.24, 2.45) is 0 Å². The van der Waals surface area contributed by atoms with E-state index in [1.54, 1.807) is 17.8 Å². The Bertz CT molecular complexity index is 681. The van der Waals surface area contributed by atoms with E-state index in [0.717, 1.165) is 32.1 Å². The van der Waals surface area contributed by atoms with Crippen molar-refractivity contribution in [1.82, 2.24) is 19.5 Å². The summed E-state index contributed by atoms with van der Waals surface area (Å²) in [7, 11) is 2.19. The first-order chi connectivity index (χ1) is 10.0. The molecule has 1 aliphatic rings. The molecule has 1 saturated heterocycles. The van der Waals surface area contributed by atoms with Crippen molar-refractivity contribution >= 4 is 17.1 Å². The lowest BCUT2D eigenvalue weighted by Crippen LogP contribution is -3.12. The van der Waals surface area contributed by atoms with E-state index in [4.69, 9.17) is 5.41 Å². The maximum Gasteiger partial charge on any atom is 0.205 e. The third-order valence-corrected chi connectivity index (χ3v) is 3.88. The number of nitrogens with zero attached hydrogens (tertiary/aromatic N) is 4. The second kappa shape index (κ2) is 5.45. The van der Waals surface area contributed by atoms with Crippen LogP contribution in [-0.2, 0) is 6.54 Å². The standard InChI is InChI=1S/C13H21N7O/c1-9(21)7-20-8-15-11(14)10-12(20)17-13(16-10)19-5-3-18(2)4-6-19/h8-9,14,21H,3-7H2,1-2H3,(H,16,17)/p+1/t9-/m1/s1. The molecule has 114 valence electrons. The van der Waals surface area contributed by atoms with E-state index in [1.807, 2.05) is 0 Å². The van der Waals surface area contributed by atoms with Gasteiger partial charge in [-0.3, -0.25) is 5.41 Å². The molecule has 3 heterocycles. The minimum absolute atomic E-state index is 0.186. The van der Waals surface area contributed by atoms with Crippen LogP contribution in [0.4, 0.5) is 5.95 Å². The van der Waals surface area contributed by atoms with E-state index in [1.165, 1.54) is 4.90 Å². The highest BCUT2D eigenvalue weighted by Crippen LogP contribution is 2.14. The molecule has 0 bridgehead atoms. The van der Waals surface area contributed by atoms with Gasteiger partial charge in [-0.25, -0.2) is 4.98 Å². The van der Waals surface area contributed by atoms with Gasteiger partial charge >= 0.3 is 0 Å². The summed E-state index contributed by atoms with van der Waals surface area (Å²) in [4.78, 5) is 15.6. The lowest BCUT2D eigenvalue weighted by molar-refractivity contribution is -0.880. The van der Waals surface area contributed by atoms with Crippen LogP contribution in [0.3, 0.4) is 0 Å². The summed E-state index contributed by atoms with van der Waals surface area (Å²) in [6, 6.07) is 0. The van der Waals surface area contributed by atoms with E-state index < -0.39 is 6.10 Å². The normalized spacial score (nSPS) is 18.3. The average molecular weight is 292 g/mol. The Morgan fingerprint density at radius 1 is 1.48 bits per heavy atom. The number of H-pyrrole nitrogens is 1. The van der Waals surface area contributed by atoms with Crippen LogP contribution in [0.25, 0.3) is 11.2 Å². The molecular weight excluding hydrogens is 270 g/mol. The van der Waals surface area contributed by atoms with Crippen molar-refractivity contribution in [3.63, 3.8) is 0 Å². The van der Waals surface area contributed by atoms with E-state index in [9.17, 15) is 5.11 Å². The fraction of sp³-hybridized carbons (Fsp3) is 0.615. The molecular formula is C13H22N7O+. The average Bonchev–Trinajstić information content (AvgIpc) is 2.88. The second-order valence-electron chi connectivity index (χ2n) is 5.80. The summed E-state index contributed by atoms with van der Waals surface area (Å²) in [6.07, 6.45) is 1.08. The van der Waals surface area contributed by atoms with Crippen LogP contribution in [0.1, 0.15) is 6.92 Å². The zero-order valence-corrected chi connectivity index (χ0v) is 12.4. The zero-order valence-electron chi connectivity index (χ0n) is 12.4. The molecule has 2 aromatic rings. The largest absolute Gasteiger partial charge is 0.392 e. The monoisotopic (exact) mass is 292 g/mol. The Labute approximate surface area is 122 Å². The number of piperazine rings is 1. The van der Waals surface area contributed by atoms with Gasteiger partial charge in [-0.1, -0.05) is 0 Å². The summed E-state index contributed by atoms with van der Waals surface area (Å²) in [6.45, 7) is 6.20. The van der Waals surface area contributed by atoms with Crippen molar-refractivity contribution in [2.45, 2.75) is 19.6 Å². The molecule has 0 aliphatic carbocycles. The summed E-state index contributed by atoms with van der Waals surface area (Å²) in [5.41, 5.74) is 1.49. The topological polar surface area (TPSA) is 98.3 Å². The number of rotatable bonds is 3. The van der Waals surface area contributed by atoms with Gasteiger partial charge in [0.2, 0.25) is 5.95 Å². The minimum Gasteiger partial charge on any atom is -0.392 e. The fourth-order valence-electron chi connectivity index (χ4n) is 2.64. The predicted octanol–water partition coefficient (Wildman–Crippen LogP) is -2.05. The van der Waals surface area contributed by atoms with Crippen LogP contribution in [0, 0.1) is 5.41 Å². The molecule has 8 nitrogen and oxygen atoms in total. The number of aliphatic hydroxyl groups is 1. The van der Waals surface area contributed by atoms with Gasteiger partial charge in [0.15, 0.2) is 11.1 Å². The zero-order chi connectivity index (χ0) is 15.0. The predicted molar refractivity (Wildman–Crippen MR) is 78.2 cm³/mol. The molecule has 1 fully saturated rings. The van der Waals surface area contributed by atoms with Crippen molar-refractivity contribution in [1.29, 1.82) is 5.41 Å². The van der Waals surface area contributed by atoms with E-state index in [-0.39, 0.29) is 5.49 Å². The number of anilines is 1.